The number of carbonyl (C=O) groups excluding carboxylic acids is 1. The molecule has 0 aromatic carbocycles. The van der Waals surface area contributed by atoms with Crippen LogP contribution in [0.3, 0.4) is 0 Å². The molecule has 0 spiro atoms. The van der Waals surface area contributed by atoms with Gasteiger partial charge in [-0.3, -0.25) is 4.79 Å². The van der Waals surface area contributed by atoms with E-state index in [1.54, 1.807) is 7.11 Å². The van der Waals surface area contributed by atoms with E-state index in [1.807, 2.05) is 6.92 Å². The molecule has 4 heteroatoms. The van der Waals surface area contributed by atoms with Crippen molar-refractivity contribution in [2.45, 2.75) is 47.1 Å². The van der Waals surface area contributed by atoms with E-state index in [-0.39, 0.29) is 17.4 Å². The van der Waals surface area contributed by atoms with Gasteiger partial charge in [0.05, 0.1) is 6.04 Å². The van der Waals surface area contributed by atoms with E-state index in [9.17, 15) is 4.79 Å². The van der Waals surface area contributed by atoms with Gasteiger partial charge in [0.25, 0.3) is 0 Å². The fraction of sp³-hybridized carbons (Fsp3) is 0.929. The van der Waals surface area contributed by atoms with Crippen LogP contribution in [0.25, 0.3) is 0 Å². The lowest BCUT2D eigenvalue weighted by atomic mass is 9.81. The Morgan fingerprint density at radius 3 is 2.39 bits per heavy atom. The normalized spacial score (nSPS) is 13.7. The summed E-state index contributed by atoms with van der Waals surface area (Å²) in [4.78, 5) is 11.8. The van der Waals surface area contributed by atoms with Crippen molar-refractivity contribution in [1.29, 1.82) is 0 Å². The molecule has 0 fully saturated rings. The number of hydrogen-bond acceptors (Lipinski definition) is 3. The smallest absolute Gasteiger partial charge is 0.236 e. The summed E-state index contributed by atoms with van der Waals surface area (Å²) < 4.78 is 4.94. The van der Waals surface area contributed by atoms with Crippen molar-refractivity contribution in [3.8, 4) is 0 Å². The number of hydrogen-bond donors (Lipinski definition) is 2. The third kappa shape index (κ3) is 6.97. The molecule has 0 aromatic rings. The molecular weight excluding hydrogens is 228 g/mol. The molecule has 1 amide bonds. The van der Waals surface area contributed by atoms with Crippen LogP contribution in [0.1, 0.15) is 41.0 Å². The highest BCUT2D eigenvalue weighted by atomic mass is 16.5. The zero-order valence-electron chi connectivity index (χ0n) is 12.8. The molecule has 0 heterocycles. The second kappa shape index (κ2) is 8.48. The van der Waals surface area contributed by atoms with Crippen LogP contribution in [-0.4, -0.2) is 38.8 Å². The highest BCUT2D eigenvalue weighted by Crippen LogP contribution is 2.24. The van der Waals surface area contributed by atoms with Gasteiger partial charge in [-0.1, -0.05) is 27.7 Å². The highest BCUT2D eigenvalue weighted by molar-refractivity contribution is 5.81. The zero-order chi connectivity index (χ0) is 14.2. The fourth-order valence-corrected chi connectivity index (χ4v) is 1.29. The van der Waals surface area contributed by atoms with Gasteiger partial charge in [-0.25, -0.2) is 0 Å². The topological polar surface area (TPSA) is 50.4 Å². The Balaban J connectivity index is 3.87. The lowest BCUT2D eigenvalue weighted by Gasteiger charge is -2.30. The van der Waals surface area contributed by atoms with Crippen LogP contribution in [0.15, 0.2) is 0 Å². The van der Waals surface area contributed by atoms with Crippen LogP contribution in [-0.2, 0) is 9.53 Å². The average Bonchev–Trinajstić information content (AvgIpc) is 2.31. The first-order valence-electron chi connectivity index (χ1n) is 6.81. The largest absolute Gasteiger partial charge is 0.385 e. The Hall–Kier alpha value is -0.610. The monoisotopic (exact) mass is 258 g/mol. The number of rotatable bonds is 9. The Morgan fingerprint density at radius 2 is 1.89 bits per heavy atom. The number of nitrogens with one attached hydrogen (secondary N) is 2. The van der Waals surface area contributed by atoms with Gasteiger partial charge >= 0.3 is 0 Å². The first-order valence-corrected chi connectivity index (χ1v) is 6.81. The molecule has 18 heavy (non-hydrogen) atoms. The number of ether oxygens (including phenoxy) is 1. The first-order chi connectivity index (χ1) is 8.31. The maximum Gasteiger partial charge on any atom is 0.236 e. The summed E-state index contributed by atoms with van der Waals surface area (Å²) in [6.07, 6.45) is 0.854. The number of methoxy groups -OCH3 is 1. The summed E-state index contributed by atoms with van der Waals surface area (Å²) in [5.74, 6) is 0.646. The maximum absolute atomic E-state index is 11.8. The van der Waals surface area contributed by atoms with Gasteiger partial charge in [-0.2, -0.15) is 0 Å². The van der Waals surface area contributed by atoms with E-state index in [4.69, 9.17) is 4.74 Å². The lowest BCUT2D eigenvalue weighted by Crippen LogP contribution is -2.46. The second-order valence-electron chi connectivity index (χ2n) is 5.88. The summed E-state index contributed by atoms with van der Waals surface area (Å²) in [5.41, 5.74) is 0.199. The predicted molar refractivity (Wildman–Crippen MR) is 75.6 cm³/mol. The average molecular weight is 258 g/mol. The van der Waals surface area contributed by atoms with E-state index in [1.165, 1.54) is 0 Å². The molecule has 0 aliphatic heterocycles. The van der Waals surface area contributed by atoms with Crippen LogP contribution in [0.2, 0.25) is 0 Å². The molecular formula is C14H30N2O2. The summed E-state index contributed by atoms with van der Waals surface area (Å²) >= 11 is 0. The summed E-state index contributed by atoms with van der Waals surface area (Å²) in [7, 11) is 1.67. The third-order valence-corrected chi connectivity index (χ3v) is 3.64. The summed E-state index contributed by atoms with van der Waals surface area (Å²) in [6.45, 7) is 12.9. The molecule has 0 rings (SSSR count). The van der Waals surface area contributed by atoms with Crippen LogP contribution in [0.4, 0.5) is 0 Å². The van der Waals surface area contributed by atoms with Gasteiger partial charge in [-0.15, -0.1) is 0 Å². The Bertz CT molecular complexity index is 240. The van der Waals surface area contributed by atoms with Crippen LogP contribution in [0, 0.1) is 11.3 Å². The van der Waals surface area contributed by atoms with Gasteiger partial charge in [0, 0.05) is 26.8 Å². The van der Waals surface area contributed by atoms with Crippen LogP contribution >= 0.6 is 0 Å². The minimum absolute atomic E-state index is 0.0608. The minimum Gasteiger partial charge on any atom is -0.385 e. The Morgan fingerprint density at radius 1 is 1.28 bits per heavy atom. The molecule has 108 valence electrons. The van der Waals surface area contributed by atoms with Crippen molar-refractivity contribution >= 4 is 5.91 Å². The van der Waals surface area contributed by atoms with Crippen molar-refractivity contribution in [3.63, 3.8) is 0 Å². The third-order valence-electron chi connectivity index (χ3n) is 3.64. The molecule has 1 atom stereocenters. The van der Waals surface area contributed by atoms with Crippen molar-refractivity contribution in [2.75, 3.05) is 26.8 Å². The van der Waals surface area contributed by atoms with Crippen molar-refractivity contribution in [3.05, 3.63) is 0 Å². The molecule has 4 nitrogen and oxygen atoms in total. The molecule has 2 N–H and O–H groups in total. The Labute approximate surface area is 112 Å². The van der Waals surface area contributed by atoms with E-state index in [0.717, 1.165) is 13.0 Å². The lowest BCUT2D eigenvalue weighted by molar-refractivity contribution is -0.122. The van der Waals surface area contributed by atoms with Gasteiger partial charge in [-0.05, 0) is 24.7 Å². The van der Waals surface area contributed by atoms with Gasteiger partial charge in [0.1, 0.15) is 0 Å². The van der Waals surface area contributed by atoms with Gasteiger partial charge in [0.15, 0.2) is 0 Å². The molecule has 0 bridgehead atoms. The molecule has 0 aliphatic carbocycles. The van der Waals surface area contributed by atoms with E-state index in [2.05, 4.69) is 38.3 Å². The number of amides is 1. The van der Waals surface area contributed by atoms with Crippen LogP contribution < -0.4 is 10.6 Å². The molecule has 0 radical (unpaired) electrons. The second-order valence-corrected chi connectivity index (χ2v) is 5.88. The SMILES string of the molecule is COCCCNC(=O)C(C)NCC(C)(C)C(C)C. The van der Waals surface area contributed by atoms with Gasteiger partial charge < -0.3 is 15.4 Å². The molecule has 0 aromatic heterocycles. The summed E-state index contributed by atoms with van der Waals surface area (Å²) in [6, 6.07) is -0.148. The van der Waals surface area contributed by atoms with E-state index >= 15 is 0 Å². The summed E-state index contributed by atoms with van der Waals surface area (Å²) in [5, 5.41) is 6.20. The Kier molecular flexibility index (Phi) is 8.20. The first kappa shape index (κ1) is 17.4. The zero-order valence-corrected chi connectivity index (χ0v) is 12.8. The molecule has 0 aliphatic rings. The minimum atomic E-state index is -0.148. The molecule has 0 saturated carbocycles. The van der Waals surface area contributed by atoms with Crippen molar-refractivity contribution in [2.24, 2.45) is 11.3 Å². The molecule has 0 saturated heterocycles. The van der Waals surface area contributed by atoms with E-state index < -0.39 is 0 Å². The number of carbonyl (C=O) groups is 1. The van der Waals surface area contributed by atoms with E-state index in [0.29, 0.717) is 19.1 Å². The van der Waals surface area contributed by atoms with Gasteiger partial charge in [0.2, 0.25) is 5.91 Å². The quantitative estimate of drug-likeness (QED) is 0.620. The van der Waals surface area contributed by atoms with Crippen molar-refractivity contribution in [1.82, 2.24) is 10.6 Å². The fourth-order valence-electron chi connectivity index (χ4n) is 1.29. The maximum atomic E-state index is 11.8. The molecule has 1 unspecified atom stereocenters. The highest BCUT2D eigenvalue weighted by Gasteiger charge is 2.23. The standard InChI is InChI=1S/C14H30N2O2/c1-11(2)14(4,5)10-16-12(3)13(17)15-8-7-9-18-6/h11-12,16H,7-10H2,1-6H3,(H,15,17). The van der Waals surface area contributed by atoms with Crippen molar-refractivity contribution < 1.29 is 9.53 Å². The van der Waals surface area contributed by atoms with Crippen LogP contribution in [0.5, 0.6) is 0 Å². The predicted octanol–water partition coefficient (Wildman–Crippen LogP) is 1.80.